The van der Waals surface area contributed by atoms with E-state index in [9.17, 15) is 10.1 Å². The lowest BCUT2D eigenvalue weighted by molar-refractivity contribution is -0.384. The van der Waals surface area contributed by atoms with Crippen LogP contribution in [-0.4, -0.2) is 20.7 Å². The van der Waals surface area contributed by atoms with E-state index in [2.05, 4.69) is 24.3 Å². The molecule has 0 bridgehead atoms. The fourth-order valence-electron chi connectivity index (χ4n) is 3.42. The smallest absolute Gasteiger partial charge is 0.333 e. The molecule has 1 aliphatic carbocycles. The molecule has 0 radical (unpaired) electrons. The zero-order valence-electron chi connectivity index (χ0n) is 12.7. The zero-order chi connectivity index (χ0) is 14.9. The summed E-state index contributed by atoms with van der Waals surface area (Å²) in [7, 11) is 1.77. The Morgan fingerprint density at radius 2 is 1.95 bits per heavy atom. The summed E-state index contributed by atoms with van der Waals surface area (Å²) >= 11 is 0. The quantitative estimate of drug-likeness (QED) is 0.679. The highest BCUT2D eigenvalue weighted by atomic mass is 16.6. The van der Waals surface area contributed by atoms with E-state index in [0.29, 0.717) is 35.8 Å². The number of hydrogen-bond donors (Lipinski definition) is 1. The second-order valence-corrected chi connectivity index (χ2v) is 6.14. The molecule has 1 aromatic heterocycles. The highest BCUT2D eigenvalue weighted by Gasteiger charge is 2.30. The molecule has 2 unspecified atom stereocenters. The third kappa shape index (κ3) is 2.94. The number of aromatic nitrogens is 2. The van der Waals surface area contributed by atoms with E-state index >= 15 is 0 Å². The van der Waals surface area contributed by atoms with E-state index in [-0.39, 0.29) is 10.6 Å². The number of rotatable bonds is 4. The van der Waals surface area contributed by atoms with Crippen LogP contribution in [0.1, 0.15) is 45.7 Å². The lowest BCUT2D eigenvalue weighted by Gasteiger charge is -2.32. The fourth-order valence-corrected chi connectivity index (χ4v) is 3.42. The predicted octanol–water partition coefficient (Wildman–Crippen LogP) is 3.13. The summed E-state index contributed by atoms with van der Waals surface area (Å²) in [6.07, 6.45) is 3.94. The van der Waals surface area contributed by atoms with Crippen molar-refractivity contribution in [3.63, 3.8) is 0 Å². The Hall–Kier alpha value is -1.59. The van der Waals surface area contributed by atoms with Crippen molar-refractivity contribution in [1.29, 1.82) is 0 Å². The van der Waals surface area contributed by atoms with Crippen LogP contribution in [0.2, 0.25) is 0 Å². The average molecular weight is 280 g/mol. The van der Waals surface area contributed by atoms with Crippen LogP contribution < -0.4 is 5.32 Å². The maximum Gasteiger partial charge on any atom is 0.333 e. The molecule has 2 rings (SSSR count). The van der Waals surface area contributed by atoms with Crippen molar-refractivity contribution in [2.24, 2.45) is 18.9 Å². The van der Waals surface area contributed by atoms with Gasteiger partial charge in [-0.15, -0.1) is 0 Å². The Balaban J connectivity index is 2.24. The largest absolute Gasteiger partial charge is 0.362 e. The van der Waals surface area contributed by atoms with Crippen molar-refractivity contribution in [1.82, 2.24) is 9.78 Å². The molecule has 112 valence electrons. The van der Waals surface area contributed by atoms with Gasteiger partial charge in [0, 0.05) is 13.1 Å². The van der Waals surface area contributed by atoms with E-state index in [0.717, 1.165) is 12.8 Å². The zero-order valence-corrected chi connectivity index (χ0v) is 12.7. The monoisotopic (exact) mass is 280 g/mol. The first-order valence-electron chi connectivity index (χ1n) is 7.39. The molecule has 0 amide bonds. The van der Waals surface area contributed by atoms with Crippen molar-refractivity contribution >= 4 is 11.5 Å². The Labute approximate surface area is 119 Å². The number of aryl methyl sites for hydroxylation is 2. The van der Waals surface area contributed by atoms with Gasteiger partial charge < -0.3 is 5.32 Å². The van der Waals surface area contributed by atoms with Crippen molar-refractivity contribution in [3.05, 3.63) is 15.8 Å². The number of nitrogens with one attached hydrogen (secondary N) is 1. The van der Waals surface area contributed by atoms with Crippen LogP contribution in [0.15, 0.2) is 0 Å². The standard InChI is InChI=1S/C14H24N4O2/c1-5-12-13(18(19)20)14(17(4)16-12)15-11-7-9(2)6-10(3)8-11/h9-11,15H,5-8H2,1-4H3. The number of nitro groups is 1. The number of nitrogens with zero attached hydrogens (tertiary/aromatic N) is 3. The molecule has 1 fully saturated rings. The van der Waals surface area contributed by atoms with E-state index in [1.807, 2.05) is 6.92 Å². The third-order valence-electron chi connectivity index (χ3n) is 4.13. The van der Waals surface area contributed by atoms with Crippen molar-refractivity contribution in [2.75, 3.05) is 5.32 Å². The SMILES string of the molecule is CCc1nn(C)c(NC2CC(C)CC(C)C2)c1[N+](=O)[O-]. The van der Waals surface area contributed by atoms with E-state index in [4.69, 9.17) is 0 Å². The molecule has 0 spiro atoms. The van der Waals surface area contributed by atoms with Gasteiger partial charge in [0.15, 0.2) is 0 Å². The minimum Gasteiger partial charge on any atom is -0.362 e. The molecule has 0 aromatic carbocycles. The minimum absolute atomic E-state index is 0.140. The summed E-state index contributed by atoms with van der Waals surface area (Å²) in [6, 6.07) is 0.299. The average Bonchev–Trinajstić information content (AvgIpc) is 2.65. The summed E-state index contributed by atoms with van der Waals surface area (Å²) in [5.74, 6) is 1.88. The molecule has 0 aliphatic heterocycles. The molecule has 1 saturated carbocycles. The highest BCUT2D eigenvalue weighted by Crippen LogP contribution is 2.34. The maximum absolute atomic E-state index is 11.3. The summed E-state index contributed by atoms with van der Waals surface area (Å²) in [5.41, 5.74) is 0.692. The topological polar surface area (TPSA) is 73.0 Å². The predicted molar refractivity (Wildman–Crippen MR) is 78.8 cm³/mol. The molecule has 1 heterocycles. The van der Waals surface area contributed by atoms with E-state index in [1.54, 1.807) is 11.7 Å². The second kappa shape index (κ2) is 5.81. The molecule has 6 heteroatoms. The van der Waals surface area contributed by atoms with Gasteiger partial charge in [-0.1, -0.05) is 20.8 Å². The molecular weight excluding hydrogens is 256 g/mol. The maximum atomic E-state index is 11.3. The summed E-state index contributed by atoms with van der Waals surface area (Å²) in [6.45, 7) is 6.39. The minimum atomic E-state index is -0.316. The van der Waals surface area contributed by atoms with Crippen LogP contribution in [0.25, 0.3) is 0 Å². The van der Waals surface area contributed by atoms with Crippen molar-refractivity contribution < 1.29 is 4.92 Å². The van der Waals surface area contributed by atoms with E-state index < -0.39 is 0 Å². The normalized spacial score (nSPS) is 26.5. The lowest BCUT2D eigenvalue weighted by atomic mass is 9.80. The van der Waals surface area contributed by atoms with Crippen LogP contribution >= 0.6 is 0 Å². The number of anilines is 1. The molecule has 1 aromatic rings. The number of hydrogen-bond acceptors (Lipinski definition) is 4. The Morgan fingerprint density at radius 3 is 2.45 bits per heavy atom. The first kappa shape index (κ1) is 14.8. The van der Waals surface area contributed by atoms with Gasteiger partial charge in [0.05, 0.1) is 4.92 Å². The summed E-state index contributed by atoms with van der Waals surface area (Å²) in [4.78, 5) is 11.0. The van der Waals surface area contributed by atoms with Crippen LogP contribution in [0.5, 0.6) is 0 Å². The van der Waals surface area contributed by atoms with Crippen LogP contribution in [-0.2, 0) is 13.5 Å². The van der Waals surface area contributed by atoms with E-state index in [1.165, 1.54) is 6.42 Å². The first-order valence-corrected chi connectivity index (χ1v) is 7.39. The molecule has 1 N–H and O–H groups in total. The van der Waals surface area contributed by atoms with Gasteiger partial charge in [-0.05, 0) is 37.5 Å². The lowest BCUT2D eigenvalue weighted by Crippen LogP contribution is -2.31. The molecule has 2 atom stereocenters. The van der Waals surface area contributed by atoms with Crippen LogP contribution in [0.4, 0.5) is 11.5 Å². The van der Waals surface area contributed by atoms with Crippen molar-refractivity contribution in [3.8, 4) is 0 Å². The highest BCUT2D eigenvalue weighted by molar-refractivity contribution is 5.60. The molecular formula is C14H24N4O2. The van der Waals surface area contributed by atoms with Gasteiger partial charge in [-0.3, -0.25) is 10.1 Å². The molecule has 20 heavy (non-hydrogen) atoms. The Morgan fingerprint density at radius 1 is 1.35 bits per heavy atom. The van der Waals surface area contributed by atoms with Gasteiger partial charge in [0.1, 0.15) is 5.69 Å². The molecule has 6 nitrogen and oxygen atoms in total. The van der Waals surface area contributed by atoms with Gasteiger partial charge in [-0.2, -0.15) is 5.10 Å². The molecule has 0 saturated heterocycles. The second-order valence-electron chi connectivity index (χ2n) is 6.14. The van der Waals surface area contributed by atoms with Crippen LogP contribution in [0, 0.1) is 22.0 Å². The summed E-state index contributed by atoms with van der Waals surface area (Å²) in [5, 5.41) is 18.9. The fraction of sp³-hybridized carbons (Fsp3) is 0.786. The van der Waals surface area contributed by atoms with Gasteiger partial charge in [0.2, 0.25) is 5.82 Å². The molecule has 1 aliphatic rings. The van der Waals surface area contributed by atoms with Gasteiger partial charge in [0.25, 0.3) is 0 Å². The Bertz CT molecular complexity index is 488. The Kier molecular flexibility index (Phi) is 4.30. The van der Waals surface area contributed by atoms with Crippen LogP contribution in [0.3, 0.4) is 0 Å². The van der Waals surface area contributed by atoms with Gasteiger partial charge in [-0.25, -0.2) is 4.68 Å². The third-order valence-corrected chi connectivity index (χ3v) is 4.13. The van der Waals surface area contributed by atoms with Gasteiger partial charge >= 0.3 is 5.69 Å². The summed E-state index contributed by atoms with van der Waals surface area (Å²) < 4.78 is 1.61. The first-order chi connectivity index (χ1) is 9.42. The van der Waals surface area contributed by atoms with Crippen molar-refractivity contribution in [2.45, 2.75) is 52.5 Å².